The second-order valence-corrected chi connectivity index (χ2v) is 3.58. The predicted molar refractivity (Wildman–Crippen MR) is 45.2 cm³/mol. The molecule has 1 fully saturated rings. The smallest absolute Gasteiger partial charge is 0.320 e. The van der Waals surface area contributed by atoms with Crippen LogP contribution < -0.4 is 10.6 Å². The molecule has 0 aromatic heterocycles. The monoisotopic (exact) mass is 185 g/mol. The lowest BCUT2D eigenvalue weighted by Crippen LogP contribution is -2.35. The van der Waals surface area contributed by atoms with Gasteiger partial charge in [0.2, 0.25) is 0 Å². The summed E-state index contributed by atoms with van der Waals surface area (Å²) < 4.78 is 0. The second kappa shape index (κ2) is 2.78. The maximum Gasteiger partial charge on any atom is 0.322 e. The van der Waals surface area contributed by atoms with Crippen molar-refractivity contribution in [2.24, 2.45) is 4.99 Å². The molecule has 0 spiro atoms. The zero-order valence-corrected chi connectivity index (χ0v) is 6.98. The molecular weight excluding hydrogens is 178 g/mol. The highest BCUT2D eigenvalue weighted by atomic mass is 32.2. The van der Waals surface area contributed by atoms with Crippen LogP contribution >= 0.6 is 11.8 Å². The second-order valence-electron chi connectivity index (χ2n) is 2.46. The van der Waals surface area contributed by atoms with E-state index < -0.39 is 12.1 Å². The van der Waals surface area contributed by atoms with Crippen LogP contribution in [0.3, 0.4) is 0 Å². The van der Waals surface area contributed by atoms with Crippen molar-refractivity contribution in [1.82, 2.24) is 10.6 Å². The van der Waals surface area contributed by atoms with E-state index in [1.165, 1.54) is 11.8 Å². The Bertz CT molecular complexity index is 276. The molecule has 5 nitrogen and oxygen atoms in total. The van der Waals surface area contributed by atoms with E-state index in [1.54, 1.807) is 0 Å². The molecular formula is C6H7N3O2S. The van der Waals surface area contributed by atoms with Crippen molar-refractivity contribution in [2.45, 2.75) is 6.04 Å². The molecule has 6 heteroatoms. The molecule has 2 heterocycles. The first kappa shape index (κ1) is 7.60. The Balaban J connectivity index is 2.13. The first-order valence-electron chi connectivity index (χ1n) is 3.56. The molecule has 0 aliphatic carbocycles. The first-order chi connectivity index (χ1) is 5.77. The van der Waals surface area contributed by atoms with Crippen LogP contribution in [-0.2, 0) is 4.79 Å². The molecule has 2 rings (SSSR count). The third-order valence-corrected chi connectivity index (χ3v) is 2.68. The summed E-state index contributed by atoms with van der Waals surface area (Å²) in [5.74, 6) is 0.600. The Kier molecular flexibility index (Phi) is 1.76. The Labute approximate surface area is 73.0 Å². The van der Waals surface area contributed by atoms with Gasteiger partial charge in [-0.15, -0.1) is 11.8 Å². The molecule has 1 saturated heterocycles. The number of amides is 3. The van der Waals surface area contributed by atoms with Crippen molar-refractivity contribution in [3.8, 4) is 0 Å². The predicted octanol–water partition coefficient (Wildman–Crippen LogP) is -0.660. The van der Waals surface area contributed by atoms with Crippen molar-refractivity contribution in [3.63, 3.8) is 0 Å². The normalized spacial score (nSPS) is 28.3. The van der Waals surface area contributed by atoms with Gasteiger partial charge in [-0.1, -0.05) is 0 Å². The number of urea groups is 1. The van der Waals surface area contributed by atoms with E-state index in [1.807, 2.05) is 0 Å². The zero-order chi connectivity index (χ0) is 8.55. The largest absolute Gasteiger partial charge is 0.322 e. The van der Waals surface area contributed by atoms with Gasteiger partial charge in [-0.05, 0) is 0 Å². The van der Waals surface area contributed by atoms with Crippen LogP contribution in [0.1, 0.15) is 0 Å². The fourth-order valence-electron chi connectivity index (χ4n) is 1.12. The highest BCUT2D eigenvalue weighted by molar-refractivity contribution is 8.14. The lowest BCUT2D eigenvalue weighted by molar-refractivity contribution is -0.118. The lowest BCUT2D eigenvalue weighted by atomic mass is 10.3. The Morgan fingerprint density at radius 2 is 2.33 bits per heavy atom. The van der Waals surface area contributed by atoms with Crippen LogP contribution in [0.15, 0.2) is 4.99 Å². The molecule has 2 aliphatic heterocycles. The summed E-state index contributed by atoms with van der Waals surface area (Å²) in [4.78, 5) is 25.9. The van der Waals surface area contributed by atoms with Crippen molar-refractivity contribution in [2.75, 3.05) is 12.3 Å². The average molecular weight is 185 g/mol. The van der Waals surface area contributed by atoms with Gasteiger partial charge < -0.3 is 5.32 Å². The maximum atomic E-state index is 11.1. The fourth-order valence-corrected chi connectivity index (χ4v) is 2.02. The summed E-state index contributed by atoms with van der Waals surface area (Å²) >= 11 is 1.52. The van der Waals surface area contributed by atoms with Gasteiger partial charge in [0.15, 0.2) is 6.04 Å². The van der Waals surface area contributed by atoms with E-state index >= 15 is 0 Å². The van der Waals surface area contributed by atoms with Gasteiger partial charge in [0, 0.05) is 12.3 Å². The van der Waals surface area contributed by atoms with Crippen LogP contribution in [0, 0.1) is 0 Å². The minimum absolute atomic E-state index is 0.298. The van der Waals surface area contributed by atoms with Gasteiger partial charge in [0.25, 0.3) is 5.91 Å². The van der Waals surface area contributed by atoms with Crippen molar-refractivity contribution >= 4 is 28.7 Å². The number of carbonyl (C=O) groups excluding carboxylic acids is 2. The minimum Gasteiger partial charge on any atom is -0.320 e. The molecule has 1 atom stereocenters. The summed E-state index contributed by atoms with van der Waals surface area (Å²) in [6, 6.07) is -0.967. The number of nitrogens with zero attached hydrogens (tertiary/aromatic N) is 1. The van der Waals surface area contributed by atoms with Crippen LogP contribution in [0.5, 0.6) is 0 Å². The maximum absolute atomic E-state index is 11.1. The number of thioether (sulfide) groups is 1. The van der Waals surface area contributed by atoms with Gasteiger partial charge in [0.1, 0.15) is 0 Å². The number of nitrogens with one attached hydrogen (secondary N) is 2. The summed E-state index contributed by atoms with van der Waals surface area (Å²) in [6.07, 6.45) is 0. The fraction of sp³-hybridized carbons (Fsp3) is 0.500. The van der Waals surface area contributed by atoms with Gasteiger partial charge in [-0.3, -0.25) is 15.1 Å². The Morgan fingerprint density at radius 3 is 2.83 bits per heavy atom. The molecule has 2 aliphatic rings. The number of aliphatic imine (C=N–C) groups is 1. The molecule has 0 bridgehead atoms. The third-order valence-electron chi connectivity index (χ3n) is 1.63. The minimum atomic E-state index is -0.537. The van der Waals surface area contributed by atoms with E-state index in [9.17, 15) is 9.59 Å². The summed E-state index contributed by atoms with van der Waals surface area (Å²) in [5.41, 5.74) is 0. The van der Waals surface area contributed by atoms with Crippen LogP contribution in [-0.4, -0.2) is 35.3 Å². The third kappa shape index (κ3) is 1.18. The van der Waals surface area contributed by atoms with Gasteiger partial charge >= 0.3 is 6.03 Å². The number of hydrogen-bond acceptors (Lipinski definition) is 4. The molecule has 64 valence electrons. The summed E-state index contributed by atoms with van der Waals surface area (Å²) in [7, 11) is 0. The van der Waals surface area contributed by atoms with Crippen molar-refractivity contribution in [3.05, 3.63) is 0 Å². The molecule has 0 radical (unpaired) electrons. The topological polar surface area (TPSA) is 70.6 Å². The van der Waals surface area contributed by atoms with Crippen molar-refractivity contribution in [1.29, 1.82) is 0 Å². The number of rotatable bonds is 1. The number of imide groups is 1. The molecule has 12 heavy (non-hydrogen) atoms. The molecule has 0 saturated carbocycles. The molecule has 1 unspecified atom stereocenters. The summed E-state index contributed by atoms with van der Waals surface area (Å²) in [5, 5.41) is 5.38. The summed E-state index contributed by atoms with van der Waals surface area (Å²) in [6.45, 7) is 0.736. The van der Waals surface area contributed by atoms with Gasteiger partial charge in [0.05, 0.1) is 5.04 Å². The van der Waals surface area contributed by atoms with Crippen LogP contribution in [0.2, 0.25) is 0 Å². The first-order valence-corrected chi connectivity index (χ1v) is 4.54. The molecule has 2 N–H and O–H groups in total. The molecule has 0 aromatic carbocycles. The van der Waals surface area contributed by atoms with Crippen LogP contribution in [0.25, 0.3) is 0 Å². The van der Waals surface area contributed by atoms with E-state index in [2.05, 4.69) is 15.6 Å². The zero-order valence-electron chi connectivity index (χ0n) is 6.16. The quantitative estimate of drug-likeness (QED) is 0.533. The standard InChI is InChI=1S/C6H7N3O2S/c10-4-3(8-6(11)9-4)5-7-1-2-12-5/h3H,1-2H2,(H2,8,9,10,11). The Morgan fingerprint density at radius 1 is 1.50 bits per heavy atom. The number of hydrogen-bond donors (Lipinski definition) is 2. The van der Waals surface area contributed by atoms with Crippen LogP contribution in [0.4, 0.5) is 4.79 Å². The lowest BCUT2D eigenvalue weighted by Gasteiger charge is -2.03. The SMILES string of the molecule is O=C1NC(=O)C(C2=NCCS2)N1. The molecule has 3 amide bonds. The van der Waals surface area contributed by atoms with Gasteiger partial charge in [-0.2, -0.15) is 0 Å². The van der Waals surface area contributed by atoms with E-state index in [0.717, 1.165) is 17.3 Å². The highest BCUT2D eigenvalue weighted by Crippen LogP contribution is 2.16. The average Bonchev–Trinajstić information content (AvgIpc) is 2.58. The van der Waals surface area contributed by atoms with E-state index in [0.29, 0.717) is 0 Å². The highest BCUT2D eigenvalue weighted by Gasteiger charge is 2.34. The van der Waals surface area contributed by atoms with E-state index in [-0.39, 0.29) is 5.91 Å². The van der Waals surface area contributed by atoms with E-state index in [4.69, 9.17) is 0 Å². The molecule has 0 aromatic rings. The van der Waals surface area contributed by atoms with Crippen molar-refractivity contribution < 1.29 is 9.59 Å². The Hall–Kier alpha value is -1.04. The van der Waals surface area contributed by atoms with Gasteiger partial charge in [-0.25, -0.2) is 4.79 Å². The number of carbonyl (C=O) groups is 2.